The van der Waals surface area contributed by atoms with Crippen molar-refractivity contribution in [2.75, 3.05) is 7.11 Å². The summed E-state index contributed by atoms with van der Waals surface area (Å²) in [7, 11) is 1.35. The summed E-state index contributed by atoms with van der Waals surface area (Å²) < 4.78 is 42.0. The molecule has 0 aromatic heterocycles. The summed E-state index contributed by atoms with van der Waals surface area (Å²) >= 11 is 1.69. The first-order valence-corrected chi connectivity index (χ1v) is 3.67. The molecule has 0 fully saturated rings. The van der Waals surface area contributed by atoms with Crippen molar-refractivity contribution in [3.8, 4) is 5.75 Å². The molecule has 1 nitrogen and oxygen atoms in total. The van der Waals surface area contributed by atoms with Crippen LogP contribution in [0.1, 0.15) is 5.56 Å². The van der Waals surface area contributed by atoms with E-state index in [1.54, 1.807) is 17.7 Å². The molecular weight excluding hydrogens is 176 g/mol. The molecule has 1 aromatic rings. The Hall–Kier alpha value is -0.593. The first kappa shape index (κ1) is 10.5. The van der Waals surface area contributed by atoms with Gasteiger partial charge in [0.25, 0.3) is 0 Å². The standard InChI is InChI=1S/C8H6F3O.Li/c1-12-7-4-2-3-6(5-7)8(9,10)11;/h2-3,5H,1H3;. The zero-order valence-electron chi connectivity index (χ0n) is 7.27. The Morgan fingerprint density at radius 2 is 1.92 bits per heavy atom. The van der Waals surface area contributed by atoms with Crippen molar-refractivity contribution in [2.45, 2.75) is 6.18 Å². The van der Waals surface area contributed by atoms with E-state index in [4.69, 9.17) is 4.74 Å². The average molecular weight is 182 g/mol. The Labute approximate surface area is 83.1 Å². The number of halogens is 3. The number of alkyl halides is 3. The Kier molecular flexibility index (Phi) is 2.94. The fourth-order valence-electron chi connectivity index (χ4n) is 0.996. The van der Waals surface area contributed by atoms with Crippen molar-refractivity contribution in [3.63, 3.8) is 0 Å². The van der Waals surface area contributed by atoms with E-state index in [0.717, 1.165) is 12.1 Å². The summed E-state index contributed by atoms with van der Waals surface area (Å²) in [5.74, 6) is 0.259. The van der Waals surface area contributed by atoms with Crippen LogP contribution in [0, 0.1) is 0 Å². The monoisotopic (exact) mass is 182 g/mol. The molecule has 0 heterocycles. The van der Waals surface area contributed by atoms with Crippen molar-refractivity contribution in [1.82, 2.24) is 0 Å². The van der Waals surface area contributed by atoms with E-state index in [9.17, 15) is 13.2 Å². The molecule has 1 rings (SSSR count). The minimum absolute atomic E-state index is 0.259. The van der Waals surface area contributed by atoms with E-state index in [0.29, 0.717) is 4.24 Å². The van der Waals surface area contributed by atoms with Crippen LogP contribution in [0.5, 0.6) is 5.75 Å². The second-order valence-electron chi connectivity index (χ2n) is 2.68. The van der Waals surface area contributed by atoms with E-state index in [1.165, 1.54) is 13.2 Å². The first-order valence-electron chi connectivity index (χ1n) is 3.67. The topological polar surface area (TPSA) is 9.23 Å². The summed E-state index contributed by atoms with van der Waals surface area (Å²) in [5, 5.41) is 0. The molecule has 0 atom stereocenters. The fourth-order valence-corrected chi connectivity index (χ4v) is 0.996. The molecule has 1 aromatic carbocycles. The van der Waals surface area contributed by atoms with Gasteiger partial charge in [0, 0.05) is 0 Å². The predicted molar refractivity (Wildman–Crippen MR) is 43.4 cm³/mol. The zero-order chi connectivity index (χ0) is 10.1. The van der Waals surface area contributed by atoms with E-state index in [2.05, 4.69) is 0 Å². The maximum atomic E-state index is 12.2. The van der Waals surface area contributed by atoms with Gasteiger partial charge in [-0.1, -0.05) is 0 Å². The van der Waals surface area contributed by atoms with Crippen LogP contribution < -0.4 is 8.97 Å². The number of hydrogen-bond donors (Lipinski definition) is 0. The zero-order valence-corrected chi connectivity index (χ0v) is 7.27. The van der Waals surface area contributed by atoms with Crippen LogP contribution in [-0.2, 0) is 6.18 Å². The predicted octanol–water partition coefficient (Wildman–Crippen LogP) is 1.51. The summed E-state index contributed by atoms with van der Waals surface area (Å²) in [6, 6.07) is 3.43. The SMILES string of the molecule is [Li][c]1ccc(C(F)(F)F)cc1OC. The fraction of sp³-hybridized carbons (Fsp3) is 0.250. The molecule has 0 N–H and O–H groups in total. The number of rotatable bonds is 1. The Morgan fingerprint density at radius 1 is 1.31 bits per heavy atom. The summed E-state index contributed by atoms with van der Waals surface area (Å²) in [4.78, 5) is 0. The van der Waals surface area contributed by atoms with Gasteiger partial charge in [-0.2, -0.15) is 0 Å². The molecule has 0 aliphatic rings. The molecule has 13 heavy (non-hydrogen) atoms. The molecule has 0 bridgehead atoms. The second kappa shape index (κ2) is 3.65. The number of ether oxygens (including phenoxy) is 1. The molecule has 0 spiro atoms. The van der Waals surface area contributed by atoms with Crippen molar-refractivity contribution in [3.05, 3.63) is 23.8 Å². The normalized spacial score (nSPS) is 11.5. The van der Waals surface area contributed by atoms with Crippen LogP contribution in [0.2, 0.25) is 0 Å². The van der Waals surface area contributed by atoms with Gasteiger partial charge in [-0.25, -0.2) is 0 Å². The Balaban J connectivity index is 3.14. The number of hydrogen-bond acceptors (Lipinski definition) is 1. The molecule has 0 aliphatic carbocycles. The average Bonchev–Trinajstić information content (AvgIpc) is 2.03. The van der Waals surface area contributed by atoms with Crippen molar-refractivity contribution >= 4 is 22.0 Å². The minimum atomic E-state index is -4.30. The van der Waals surface area contributed by atoms with Gasteiger partial charge in [-0.05, 0) is 0 Å². The Bertz CT molecular complexity index is 309. The summed E-state index contributed by atoms with van der Waals surface area (Å²) in [6.45, 7) is 0. The molecule has 0 saturated carbocycles. The maximum absolute atomic E-state index is 12.2. The number of methoxy groups -OCH3 is 1. The molecule has 5 heteroatoms. The second-order valence-corrected chi connectivity index (χ2v) is 2.68. The quantitative estimate of drug-likeness (QED) is 0.598. The molecule has 0 unspecified atom stereocenters. The van der Waals surface area contributed by atoms with E-state index in [1.807, 2.05) is 0 Å². The summed E-state index contributed by atoms with van der Waals surface area (Å²) in [6.07, 6.45) is -4.30. The van der Waals surface area contributed by atoms with Gasteiger partial charge in [-0.3, -0.25) is 0 Å². The van der Waals surface area contributed by atoms with E-state index in [-0.39, 0.29) is 5.75 Å². The first-order chi connectivity index (χ1) is 5.95. The van der Waals surface area contributed by atoms with Crippen LogP contribution >= 0.6 is 0 Å². The van der Waals surface area contributed by atoms with Crippen molar-refractivity contribution < 1.29 is 17.9 Å². The van der Waals surface area contributed by atoms with Crippen molar-refractivity contribution in [2.24, 2.45) is 0 Å². The summed E-state index contributed by atoms with van der Waals surface area (Å²) in [5.41, 5.74) is -0.685. The molecule has 0 radical (unpaired) electrons. The molecule has 0 amide bonds. The van der Waals surface area contributed by atoms with E-state index < -0.39 is 11.7 Å². The molecule has 0 aliphatic heterocycles. The van der Waals surface area contributed by atoms with Gasteiger partial charge in [0.05, 0.1) is 0 Å². The van der Waals surface area contributed by atoms with Gasteiger partial charge in [-0.15, -0.1) is 0 Å². The van der Waals surface area contributed by atoms with Gasteiger partial charge in [0.2, 0.25) is 0 Å². The van der Waals surface area contributed by atoms with Crippen LogP contribution in [0.3, 0.4) is 0 Å². The van der Waals surface area contributed by atoms with Crippen LogP contribution in [0.4, 0.5) is 13.2 Å². The number of benzene rings is 1. The Morgan fingerprint density at radius 3 is 2.38 bits per heavy atom. The van der Waals surface area contributed by atoms with Gasteiger partial charge in [0.1, 0.15) is 0 Å². The van der Waals surface area contributed by atoms with Gasteiger partial charge < -0.3 is 0 Å². The molecule has 66 valence electrons. The van der Waals surface area contributed by atoms with E-state index >= 15 is 0 Å². The van der Waals surface area contributed by atoms with Crippen LogP contribution in [0.15, 0.2) is 18.2 Å². The van der Waals surface area contributed by atoms with Gasteiger partial charge in [0.15, 0.2) is 0 Å². The van der Waals surface area contributed by atoms with Crippen LogP contribution in [-0.4, -0.2) is 24.8 Å². The van der Waals surface area contributed by atoms with Gasteiger partial charge >= 0.3 is 82.7 Å². The third-order valence-corrected chi connectivity index (χ3v) is 1.74. The molecular formula is C8H6F3LiO. The third-order valence-electron chi connectivity index (χ3n) is 1.74. The van der Waals surface area contributed by atoms with Crippen molar-refractivity contribution in [1.29, 1.82) is 0 Å². The molecule has 0 saturated heterocycles. The third kappa shape index (κ3) is 2.42. The van der Waals surface area contributed by atoms with Crippen LogP contribution in [0.25, 0.3) is 0 Å².